The van der Waals surface area contributed by atoms with Gasteiger partial charge in [0.2, 0.25) is 10.0 Å². The van der Waals surface area contributed by atoms with Gasteiger partial charge in [0.15, 0.2) is 0 Å². The maximum atomic E-state index is 13.1. The van der Waals surface area contributed by atoms with E-state index in [0.717, 1.165) is 27.9 Å². The van der Waals surface area contributed by atoms with Crippen molar-refractivity contribution in [3.63, 3.8) is 0 Å². The lowest BCUT2D eigenvalue weighted by Gasteiger charge is -2.37. The number of rotatable bonds is 14. The van der Waals surface area contributed by atoms with Gasteiger partial charge in [-0.05, 0) is 62.3 Å². The molecule has 8 nitrogen and oxygen atoms in total. The molecule has 5 aromatic rings. The average Bonchev–Trinajstić information content (AvgIpc) is 3.54. The Morgan fingerprint density at radius 1 is 0.792 bits per heavy atom. The topological polar surface area (TPSA) is 99.5 Å². The van der Waals surface area contributed by atoms with Crippen LogP contribution in [0, 0.1) is 0 Å². The lowest BCUT2D eigenvalue weighted by molar-refractivity contribution is -0.0242. The summed E-state index contributed by atoms with van der Waals surface area (Å²) in [5.41, 5.74) is 3.47. The van der Waals surface area contributed by atoms with Crippen molar-refractivity contribution in [1.82, 2.24) is 14.3 Å². The summed E-state index contributed by atoms with van der Waals surface area (Å²) in [5, 5.41) is 0. The molecular weight excluding hydrogens is 623 g/mol. The molecule has 0 fully saturated rings. The summed E-state index contributed by atoms with van der Waals surface area (Å²) < 4.78 is 41.9. The summed E-state index contributed by atoms with van der Waals surface area (Å²) >= 11 is 0. The van der Waals surface area contributed by atoms with Crippen molar-refractivity contribution in [3.8, 4) is 0 Å². The third kappa shape index (κ3) is 8.99. The SMILES string of the molecule is CC(C)(C)OC(=O)OC(CCCc1cn(C(c2ccccc2)(c2ccccc2)c2ccccc2)cn1)CS(=O)(=O)NCc1ccccc1. The van der Waals surface area contributed by atoms with Gasteiger partial charge in [0.25, 0.3) is 0 Å². The van der Waals surface area contributed by atoms with E-state index in [1.54, 1.807) is 20.8 Å². The van der Waals surface area contributed by atoms with Gasteiger partial charge < -0.3 is 14.0 Å². The molecule has 5 rings (SSSR count). The van der Waals surface area contributed by atoms with Crippen LogP contribution in [-0.2, 0) is 38.0 Å². The first-order valence-electron chi connectivity index (χ1n) is 16.2. The van der Waals surface area contributed by atoms with Crippen LogP contribution in [0.15, 0.2) is 134 Å². The summed E-state index contributed by atoms with van der Waals surface area (Å²) in [6, 6.07) is 40.3. The lowest BCUT2D eigenvalue weighted by Crippen LogP contribution is -2.37. The van der Waals surface area contributed by atoms with E-state index < -0.39 is 33.4 Å². The van der Waals surface area contributed by atoms with Gasteiger partial charge in [-0.15, -0.1) is 0 Å². The van der Waals surface area contributed by atoms with Crippen molar-refractivity contribution < 1.29 is 22.7 Å². The Labute approximate surface area is 283 Å². The van der Waals surface area contributed by atoms with Gasteiger partial charge in [0.1, 0.15) is 23.0 Å². The van der Waals surface area contributed by atoms with Crippen molar-refractivity contribution in [2.45, 2.75) is 63.8 Å². The lowest BCUT2D eigenvalue weighted by atomic mass is 9.77. The van der Waals surface area contributed by atoms with E-state index >= 15 is 0 Å². The Morgan fingerprint density at radius 2 is 1.29 bits per heavy atom. The molecule has 0 saturated heterocycles. The van der Waals surface area contributed by atoms with Crippen molar-refractivity contribution in [1.29, 1.82) is 0 Å². The summed E-state index contributed by atoms with van der Waals surface area (Å²) in [7, 11) is -3.77. The molecule has 1 unspecified atom stereocenters. The van der Waals surface area contributed by atoms with Crippen LogP contribution in [0.25, 0.3) is 0 Å². The number of aryl methyl sites for hydroxylation is 1. The van der Waals surface area contributed by atoms with Gasteiger partial charge in [0, 0.05) is 12.7 Å². The first-order valence-corrected chi connectivity index (χ1v) is 17.8. The maximum Gasteiger partial charge on any atom is 0.509 e. The van der Waals surface area contributed by atoms with Gasteiger partial charge in [-0.25, -0.2) is 22.9 Å². The Morgan fingerprint density at radius 3 is 1.79 bits per heavy atom. The summed E-state index contributed by atoms with van der Waals surface area (Å²) in [6.45, 7) is 5.35. The number of carbonyl (C=O) groups excluding carboxylic acids is 1. The van der Waals surface area contributed by atoms with Crippen LogP contribution < -0.4 is 4.72 Å². The van der Waals surface area contributed by atoms with Crippen molar-refractivity contribution in [2.75, 3.05) is 5.75 Å². The normalized spacial score (nSPS) is 12.7. The number of ether oxygens (including phenoxy) is 2. The van der Waals surface area contributed by atoms with Crippen LogP contribution in [0.5, 0.6) is 0 Å². The van der Waals surface area contributed by atoms with Crippen molar-refractivity contribution in [3.05, 3.63) is 162 Å². The Hall–Kier alpha value is -4.73. The van der Waals surface area contributed by atoms with Gasteiger partial charge in [-0.3, -0.25) is 0 Å². The fourth-order valence-electron chi connectivity index (χ4n) is 5.85. The highest BCUT2D eigenvalue weighted by molar-refractivity contribution is 7.89. The fraction of sp³-hybridized carbons (Fsp3) is 0.282. The molecule has 0 aliphatic heterocycles. The van der Waals surface area contributed by atoms with Crippen molar-refractivity contribution in [2.24, 2.45) is 0 Å². The van der Waals surface area contributed by atoms with Gasteiger partial charge in [-0.1, -0.05) is 121 Å². The largest absolute Gasteiger partial charge is 0.509 e. The number of imidazole rings is 1. The number of aromatic nitrogens is 2. The molecule has 1 N–H and O–H groups in total. The average molecular weight is 666 g/mol. The third-order valence-electron chi connectivity index (χ3n) is 7.95. The van der Waals surface area contributed by atoms with Crippen LogP contribution in [0.3, 0.4) is 0 Å². The number of nitrogens with zero attached hydrogens (tertiary/aromatic N) is 2. The smallest absolute Gasteiger partial charge is 0.430 e. The van der Waals surface area contributed by atoms with E-state index in [9.17, 15) is 13.2 Å². The van der Waals surface area contributed by atoms with Crippen LogP contribution in [0.1, 0.15) is 61.6 Å². The second kappa shape index (κ2) is 15.4. The summed E-state index contributed by atoms with van der Waals surface area (Å²) in [4.78, 5) is 17.4. The summed E-state index contributed by atoms with van der Waals surface area (Å²) in [6.07, 6.45) is 3.49. The zero-order chi connectivity index (χ0) is 34.0. The maximum absolute atomic E-state index is 13.1. The number of hydrogen-bond donors (Lipinski definition) is 1. The van der Waals surface area contributed by atoms with E-state index in [0.29, 0.717) is 19.3 Å². The molecule has 0 saturated carbocycles. The van der Waals surface area contributed by atoms with E-state index in [1.165, 1.54) is 0 Å². The molecule has 1 atom stereocenters. The number of sulfonamides is 1. The van der Waals surface area contributed by atoms with Crippen LogP contribution >= 0.6 is 0 Å². The van der Waals surface area contributed by atoms with Gasteiger partial charge in [-0.2, -0.15) is 0 Å². The van der Waals surface area contributed by atoms with Gasteiger partial charge >= 0.3 is 6.16 Å². The van der Waals surface area contributed by atoms with E-state index in [-0.39, 0.29) is 12.3 Å². The van der Waals surface area contributed by atoms with Crippen LogP contribution in [-0.4, -0.2) is 41.6 Å². The number of benzene rings is 4. The highest BCUT2D eigenvalue weighted by Gasteiger charge is 2.38. The molecule has 1 aromatic heterocycles. The molecule has 0 spiro atoms. The molecule has 9 heteroatoms. The third-order valence-corrected chi connectivity index (χ3v) is 9.35. The molecule has 4 aromatic carbocycles. The molecule has 1 heterocycles. The van der Waals surface area contributed by atoms with E-state index in [4.69, 9.17) is 14.5 Å². The van der Waals surface area contributed by atoms with Crippen LogP contribution in [0.2, 0.25) is 0 Å². The van der Waals surface area contributed by atoms with E-state index in [1.807, 2.05) is 91.3 Å². The van der Waals surface area contributed by atoms with Gasteiger partial charge in [0.05, 0.1) is 12.0 Å². The predicted molar refractivity (Wildman–Crippen MR) is 188 cm³/mol. The monoisotopic (exact) mass is 665 g/mol. The molecule has 0 radical (unpaired) electrons. The first kappa shape index (κ1) is 34.6. The number of hydrogen-bond acceptors (Lipinski definition) is 6. The molecule has 48 heavy (non-hydrogen) atoms. The predicted octanol–water partition coefficient (Wildman–Crippen LogP) is 7.49. The molecule has 250 valence electrons. The van der Waals surface area contributed by atoms with Crippen LogP contribution in [0.4, 0.5) is 4.79 Å². The Kier molecular flexibility index (Phi) is 11.1. The first-order chi connectivity index (χ1) is 23.0. The Balaban J connectivity index is 1.37. The summed E-state index contributed by atoms with van der Waals surface area (Å²) in [5.74, 6) is -0.382. The zero-order valence-electron chi connectivity index (χ0n) is 27.7. The second-order valence-corrected chi connectivity index (χ2v) is 14.6. The molecule has 0 aliphatic carbocycles. The minimum absolute atomic E-state index is 0.145. The molecule has 0 amide bonds. The van der Waals surface area contributed by atoms with E-state index in [2.05, 4.69) is 51.9 Å². The highest BCUT2D eigenvalue weighted by Crippen LogP contribution is 2.40. The molecule has 0 bridgehead atoms. The molecule has 0 aliphatic rings. The number of nitrogens with one attached hydrogen (secondary N) is 1. The number of carbonyl (C=O) groups is 1. The zero-order valence-corrected chi connectivity index (χ0v) is 28.5. The Bertz CT molecular complexity index is 1740. The minimum Gasteiger partial charge on any atom is -0.430 e. The quantitative estimate of drug-likeness (QED) is 0.0975. The standard InChI is InChI=1S/C39H43N3O5S/c1-38(2,3)47-37(43)46-36(29-48(44,45)41-27-31-17-8-4-9-18-31)26-16-25-35-28-42(30-40-35)39(32-19-10-5-11-20-32,33-21-12-6-13-22-33)34-23-14-7-15-24-34/h4-15,17-24,28,30,36,41H,16,25-27,29H2,1-3H3. The van der Waals surface area contributed by atoms with Crippen molar-refractivity contribution >= 4 is 16.2 Å². The fourth-order valence-corrected chi connectivity index (χ4v) is 7.08. The second-order valence-electron chi connectivity index (χ2n) is 12.8. The molecular formula is C39H43N3O5S. The minimum atomic E-state index is -3.77. The highest BCUT2D eigenvalue weighted by atomic mass is 32.2.